The van der Waals surface area contributed by atoms with Crippen LogP contribution in [0.15, 0.2) is 41.4 Å². The normalized spacial score (nSPS) is 10.5. The highest BCUT2D eigenvalue weighted by Gasteiger charge is 2.13. The van der Waals surface area contributed by atoms with E-state index in [0.717, 1.165) is 5.69 Å². The van der Waals surface area contributed by atoms with Gasteiger partial charge in [-0.2, -0.15) is 0 Å². The van der Waals surface area contributed by atoms with Crippen molar-refractivity contribution >= 4 is 5.91 Å². The Morgan fingerprint density at radius 2 is 2.33 bits per heavy atom. The van der Waals surface area contributed by atoms with Gasteiger partial charge in [-0.15, -0.1) is 5.10 Å². The molecule has 0 aromatic carbocycles. The lowest BCUT2D eigenvalue weighted by Crippen LogP contribution is -2.23. The number of aryl methyl sites for hydroxylation is 1. The Hall–Kier alpha value is -3.03. The van der Waals surface area contributed by atoms with Gasteiger partial charge in [0.25, 0.3) is 5.91 Å². The van der Waals surface area contributed by atoms with E-state index < -0.39 is 0 Å². The summed E-state index contributed by atoms with van der Waals surface area (Å²) in [5.41, 5.74) is 1.86. The molecular weight excluding hydrogens is 272 g/mol. The number of rotatable bonds is 4. The molecule has 0 aliphatic rings. The maximum Gasteiger partial charge on any atom is 0.256 e. The molecule has 3 heterocycles. The average Bonchev–Trinajstić information content (AvgIpc) is 3.15. The maximum atomic E-state index is 11.9. The predicted molar refractivity (Wildman–Crippen MR) is 71.6 cm³/mol. The molecule has 1 amide bonds. The summed E-state index contributed by atoms with van der Waals surface area (Å²) >= 11 is 0. The summed E-state index contributed by atoms with van der Waals surface area (Å²) in [6.07, 6.45) is 6.48. The Morgan fingerprint density at radius 1 is 1.43 bits per heavy atom. The summed E-state index contributed by atoms with van der Waals surface area (Å²) in [6.45, 7) is 1.95. The highest BCUT2D eigenvalue weighted by atomic mass is 16.5. The molecule has 3 aromatic heterocycles. The Labute approximate surface area is 119 Å². The molecule has 0 saturated carbocycles. The molecule has 0 atom stereocenters. The van der Waals surface area contributed by atoms with Gasteiger partial charge in [-0.1, -0.05) is 10.4 Å². The van der Waals surface area contributed by atoms with Gasteiger partial charge in [-0.05, 0) is 19.1 Å². The maximum absolute atomic E-state index is 11.9. The van der Waals surface area contributed by atoms with Gasteiger partial charge in [0.2, 0.25) is 0 Å². The van der Waals surface area contributed by atoms with Crippen molar-refractivity contribution in [2.45, 2.75) is 13.5 Å². The van der Waals surface area contributed by atoms with Crippen molar-refractivity contribution in [1.82, 2.24) is 30.5 Å². The zero-order valence-electron chi connectivity index (χ0n) is 11.2. The molecule has 3 rings (SSSR count). The third kappa shape index (κ3) is 2.78. The van der Waals surface area contributed by atoms with E-state index in [1.54, 1.807) is 30.2 Å². The van der Waals surface area contributed by atoms with Crippen LogP contribution in [0.3, 0.4) is 0 Å². The molecule has 0 fully saturated rings. The topological polar surface area (TPSA) is 98.7 Å². The van der Waals surface area contributed by atoms with Crippen LogP contribution in [-0.2, 0) is 6.54 Å². The van der Waals surface area contributed by atoms with Crippen LogP contribution in [0.1, 0.15) is 21.8 Å². The lowest BCUT2D eigenvalue weighted by Gasteiger charge is -2.00. The molecule has 0 aliphatic heterocycles. The van der Waals surface area contributed by atoms with E-state index in [2.05, 4.69) is 25.8 Å². The Bertz CT molecular complexity index is 749. The number of hydrogen-bond acceptors (Lipinski definition) is 6. The highest BCUT2D eigenvalue weighted by molar-refractivity contribution is 5.94. The molecule has 0 saturated heterocycles. The van der Waals surface area contributed by atoms with Crippen LogP contribution in [0.4, 0.5) is 0 Å². The summed E-state index contributed by atoms with van der Waals surface area (Å²) in [6, 6.07) is 3.68. The van der Waals surface area contributed by atoms with Crippen molar-refractivity contribution in [3.05, 3.63) is 53.9 Å². The fraction of sp³-hybridized carbons (Fsp3) is 0.154. The molecule has 0 aliphatic carbocycles. The molecule has 21 heavy (non-hydrogen) atoms. The number of amides is 1. The van der Waals surface area contributed by atoms with Crippen molar-refractivity contribution in [3.8, 4) is 5.69 Å². The molecule has 0 unspecified atom stereocenters. The average molecular weight is 284 g/mol. The zero-order chi connectivity index (χ0) is 14.7. The molecule has 1 N–H and O–H groups in total. The van der Waals surface area contributed by atoms with Crippen LogP contribution in [0, 0.1) is 6.92 Å². The number of nitrogens with zero attached hydrogens (tertiary/aromatic N) is 5. The van der Waals surface area contributed by atoms with Gasteiger partial charge in [-0.3, -0.25) is 9.78 Å². The Kier molecular flexibility index (Phi) is 3.42. The van der Waals surface area contributed by atoms with Gasteiger partial charge < -0.3 is 9.84 Å². The minimum atomic E-state index is -0.260. The van der Waals surface area contributed by atoms with Crippen LogP contribution in [-0.4, -0.2) is 31.0 Å². The van der Waals surface area contributed by atoms with Crippen LogP contribution in [0.5, 0.6) is 0 Å². The van der Waals surface area contributed by atoms with E-state index in [0.29, 0.717) is 17.0 Å². The quantitative estimate of drug-likeness (QED) is 0.763. The molecular formula is C13H12N6O2. The van der Waals surface area contributed by atoms with Crippen molar-refractivity contribution in [3.63, 3.8) is 0 Å². The van der Waals surface area contributed by atoms with Crippen molar-refractivity contribution in [2.24, 2.45) is 0 Å². The van der Waals surface area contributed by atoms with Gasteiger partial charge in [-0.25, -0.2) is 4.68 Å². The molecule has 0 spiro atoms. The minimum absolute atomic E-state index is 0.260. The lowest BCUT2D eigenvalue weighted by atomic mass is 10.2. The van der Waals surface area contributed by atoms with Crippen LogP contribution < -0.4 is 5.32 Å². The van der Waals surface area contributed by atoms with E-state index >= 15 is 0 Å². The van der Waals surface area contributed by atoms with Crippen LogP contribution in [0.25, 0.3) is 5.69 Å². The molecule has 0 bridgehead atoms. The summed E-state index contributed by atoms with van der Waals surface area (Å²) < 4.78 is 6.45. The number of aromatic nitrogens is 5. The van der Waals surface area contributed by atoms with Gasteiger partial charge in [0.05, 0.1) is 30.8 Å². The second kappa shape index (κ2) is 5.53. The number of carbonyl (C=O) groups is 1. The van der Waals surface area contributed by atoms with Crippen LogP contribution in [0.2, 0.25) is 0 Å². The van der Waals surface area contributed by atoms with Crippen molar-refractivity contribution in [1.29, 1.82) is 0 Å². The Balaban J connectivity index is 1.66. The number of pyridine rings is 1. The van der Waals surface area contributed by atoms with E-state index in [4.69, 9.17) is 4.52 Å². The monoisotopic (exact) mass is 284 g/mol. The van der Waals surface area contributed by atoms with Crippen molar-refractivity contribution < 1.29 is 9.32 Å². The third-order valence-electron chi connectivity index (χ3n) is 2.88. The standard InChI is InChI=1S/C13H12N6O2/c1-9-12(7-16-21-9)13(20)15-5-10-8-19(18-17-10)11-3-2-4-14-6-11/h2-4,6-8H,5H2,1H3,(H,15,20). The van der Waals surface area contributed by atoms with Gasteiger partial charge in [0.15, 0.2) is 0 Å². The van der Waals surface area contributed by atoms with Gasteiger partial charge >= 0.3 is 0 Å². The SMILES string of the molecule is Cc1oncc1C(=O)NCc1cn(-c2cccnc2)nn1. The Morgan fingerprint density at radius 3 is 3.05 bits per heavy atom. The van der Waals surface area contributed by atoms with Crippen LogP contribution >= 0.6 is 0 Å². The van der Waals surface area contributed by atoms with Crippen molar-refractivity contribution in [2.75, 3.05) is 0 Å². The minimum Gasteiger partial charge on any atom is -0.361 e. The number of carbonyl (C=O) groups excluding carboxylic acids is 1. The number of hydrogen-bond donors (Lipinski definition) is 1. The predicted octanol–water partition coefficient (Wildman–Crippen LogP) is 0.889. The molecule has 8 nitrogen and oxygen atoms in total. The van der Waals surface area contributed by atoms with E-state index in [-0.39, 0.29) is 12.5 Å². The lowest BCUT2D eigenvalue weighted by molar-refractivity contribution is 0.0949. The van der Waals surface area contributed by atoms with E-state index in [1.807, 2.05) is 12.1 Å². The first kappa shape index (κ1) is 13.0. The molecule has 8 heteroatoms. The second-order valence-electron chi connectivity index (χ2n) is 4.34. The summed E-state index contributed by atoms with van der Waals surface area (Å²) in [4.78, 5) is 15.9. The van der Waals surface area contributed by atoms with Gasteiger partial charge in [0, 0.05) is 6.20 Å². The second-order valence-corrected chi connectivity index (χ2v) is 4.34. The molecule has 0 radical (unpaired) electrons. The smallest absolute Gasteiger partial charge is 0.256 e. The first-order valence-electron chi connectivity index (χ1n) is 6.25. The molecule has 3 aromatic rings. The van der Waals surface area contributed by atoms with E-state index in [9.17, 15) is 4.79 Å². The fourth-order valence-corrected chi connectivity index (χ4v) is 1.78. The first-order chi connectivity index (χ1) is 10.2. The zero-order valence-corrected chi connectivity index (χ0v) is 11.2. The van der Waals surface area contributed by atoms with E-state index in [1.165, 1.54) is 6.20 Å². The summed E-state index contributed by atoms with van der Waals surface area (Å²) in [7, 11) is 0. The third-order valence-corrected chi connectivity index (χ3v) is 2.88. The van der Waals surface area contributed by atoms with Gasteiger partial charge in [0.1, 0.15) is 17.0 Å². The fourth-order valence-electron chi connectivity index (χ4n) is 1.78. The first-order valence-corrected chi connectivity index (χ1v) is 6.25. The highest BCUT2D eigenvalue weighted by Crippen LogP contribution is 2.07. The number of nitrogens with one attached hydrogen (secondary N) is 1. The summed E-state index contributed by atoms with van der Waals surface area (Å²) in [5.74, 6) is 0.219. The molecule has 106 valence electrons. The largest absolute Gasteiger partial charge is 0.361 e. The summed E-state index contributed by atoms with van der Waals surface area (Å²) in [5, 5.41) is 14.3.